The minimum absolute atomic E-state index is 0.0637. The number of carbonyl (C=O) groups excluding carboxylic acids is 1. The minimum Gasteiger partial charge on any atom is -0.493 e. The fourth-order valence-electron chi connectivity index (χ4n) is 4.09. The van der Waals surface area contributed by atoms with Gasteiger partial charge in [0.05, 0.1) is 19.1 Å². The van der Waals surface area contributed by atoms with E-state index in [0.29, 0.717) is 49.4 Å². The highest BCUT2D eigenvalue weighted by Gasteiger charge is 2.40. The van der Waals surface area contributed by atoms with Crippen molar-refractivity contribution in [3.8, 4) is 11.5 Å². The Morgan fingerprint density at radius 2 is 1.69 bits per heavy atom. The highest BCUT2D eigenvalue weighted by molar-refractivity contribution is 7.89. The zero-order chi connectivity index (χ0) is 20.6. The van der Waals surface area contributed by atoms with Crippen LogP contribution in [0.15, 0.2) is 23.1 Å². The molecule has 4 rings (SSSR count). The summed E-state index contributed by atoms with van der Waals surface area (Å²) in [6, 6.07) is 5.07. The molecule has 1 saturated heterocycles. The lowest BCUT2D eigenvalue weighted by atomic mass is 9.96. The molecule has 29 heavy (non-hydrogen) atoms. The van der Waals surface area contributed by atoms with Crippen molar-refractivity contribution >= 4 is 15.9 Å². The van der Waals surface area contributed by atoms with Gasteiger partial charge in [0, 0.05) is 37.7 Å². The monoisotopic (exact) mass is 422 g/mol. The summed E-state index contributed by atoms with van der Waals surface area (Å²) in [6.07, 6.45) is 5.87. The van der Waals surface area contributed by atoms with E-state index in [1.54, 1.807) is 12.1 Å². The van der Waals surface area contributed by atoms with Crippen LogP contribution in [-0.4, -0.2) is 63.4 Å². The molecule has 0 radical (unpaired) electrons. The van der Waals surface area contributed by atoms with E-state index >= 15 is 0 Å². The van der Waals surface area contributed by atoms with Crippen LogP contribution >= 0.6 is 0 Å². The smallest absolute Gasteiger partial charge is 0.243 e. The van der Waals surface area contributed by atoms with Crippen molar-refractivity contribution in [3.05, 3.63) is 18.2 Å². The van der Waals surface area contributed by atoms with Crippen molar-refractivity contribution in [2.24, 2.45) is 11.8 Å². The molecule has 3 aliphatic rings. The molecule has 0 atom stereocenters. The second-order valence-corrected chi connectivity index (χ2v) is 10.3. The van der Waals surface area contributed by atoms with Crippen molar-refractivity contribution in [3.63, 3.8) is 0 Å². The van der Waals surface area contributed by atoms with Crippen LogP contribution in [0.5, 0.6) is 11.5 Å². The first-order valence-corrected chi connectivity index (χ1v) is 11.9. The molecule has 1 aromatic carbocycles. The number of rotatable bonds is 8. The second-order valence-electron chi connectivity index (χ2n) is 8.36. The van der Waals surface area contributed by atoms with Gasteiger partial charge >= 0.3 is 0 Å². The van der Waals surface area contributed by atoms with Crippen molar-refractivity contribution < 1.29 is 22.7 Å². The Bertz CT molecular complexity index is 856. The summed E-state index contributed by atoms with van der Waals surface area (Å²) in [6.45, 7) is 1.64. The number of methoxy groups -OCH3 is 2. The summed E-state index contributed by atoms with van der Waals surface area (Å²) < 4.78 is 38.1. The van der Waals surface area contributed by atoms with E-state index in [2.05, 4.69) is 4.90 Å². The van der Waals surface area contributed by atoms with E-state index in [-0.39, 0.29) is 16.7 Å². The molecule has 2 aliphatic carbocycles. The molecule has 3 fully saturated rings. The highest BCUT2D eigenvalue weighted by Crippen LogP contribution is 2.37. The molecule has 1 aromatic rings. The number of sulfonamides is 1. The summed E-state index contributed by atoms with van der Waals surface area (Å²) in [7, 11) is -0.629. The van der Waals surface area contributed by atoms with Crippen LogP contribution in [0.25, 0.3) is 0 Å². The van der Waals surface area contributed by atoms with Crippen LogP contribution < -0.4 is 9.47 Å². The van der Waals surface area contributed by atoms with E-state index in [1.165, 1.54) is 37.4 Å². The van der Waals surface area contributed by atoms with Gasteiger partial charge in [-0.05, 0) is 56.6 Å². The van der Waals surface area contributed by atoms with Gasteiger partial charge in [-0.25, -0.2) is 8.42 Å². The van der Waals surface area contributed by atoms with E-state index in [9.17, 15) is 13.2 Å². The topological polar surface area (TPSA) is 76.2 Å². The van der Waals surface area contributed by atoms with Gasteiger partial charge in [-0.15, -0.1) is 0 Å². The van der Waals surface area contributed by atoms with Gasteiger partial charge in [-0.1, -0.05) is 0 Å². The molecule has 0 spiro atoms. The Morgan fingerprint density at radius 1 is 1.03 bits per heavy atom. The Balaban J connectivity index is 1.41. The Kier molecular flexibility index (Phi) is 5.75. The molecule has 1 aliphatic heterocycles. The maximum atomic E-state index is 13.1. The summed E-state index contributed by atoms with van der Waals surface area (Å²) in [5, 5.41) is 0. The maximum absolute atomic E-state index is 13.1. The molecular weight excluding hydrogens is 392 g/mol. The van der Waals surface area contributed by atoms with Gasteiger partial charge in [0.15, 0.2) is 11.5 Å². The van der Waals surface area contributed by atoms with Crippen molar-refractivity contribution in [1.82, 2.24) is 9.21 Å². The van der Waals surface area contributed by atoms with Crippen molar-refractivity contribution in [2.45, 2.75) is 49.5 Å². The van der Waals surface area contributed by atoms with E-state index < -0.39 is 10.0 Å². The first-order chi connectivity index (χ1) is 13.9. The fourth-order valence-corrected chi connectivity index (χ4v) is 5.57. The quantitative estimate of drug-likeness (QED) is 0.643. The van der Waals surface area contributed by atoms with Gasteiger partial charge in [0.25, 0.3) is 0 Å². The second kappa shape index (κ2) is 8.14. The number of benzene rings is 1. The number of ether oxygens (including phenoxy) is 2. The third kappa shape index (κ3) is 4.38. The summed E-state index contributed by atoms with van der Waals surface area (Å²) in [5.74, 6) is 1.74. The van der Waals surface area contributed by atoms with E-state index in [0.717, 1.165) is 19.4 Å². The summed E-state index contributed by atoms with van der Waals surface area (Å²) in [5.41, 5.74) is 0. The molecule has 0 bridgehead atoms. The predicted molar refractivity (Wildman–Crippen MR) is 108 cm³/mol. The zero-order valence-corrected chi connectivity index (χ0v) is 18.0. The zero-order valence-electron chi connectivity index (χ0n) is 17.2. The highest BCUT2D eigenvalue weighted by atomic mass is 32.2. The largest absolute Gasteiger partial charge is 0.493 e. The standard InChI is InChI=1S/C21H30N2O5S/c1-27-19-8-7-18(13-20(19)28-2)29(25,26)22-11-9-16(10-12-22)21(24)23(17-5-6-17)14-15-3-4-15/h7-8,13,15-17H,3-6,9-12,14H2,1-2H3. The number of nitrogens with zero attached hydrogens (tertiary/aromatic N) is 2. The Labute approximate surface area is 173 Å². The van der Waals surface area contributed by atoms with Gasteiger partial charge in [-0.2, -0.15) is 4.31 Å². The van der Waals surface area contributed by atoms with E-state index in [4.69, 9.17) is 9.47 Å². The lowest BCUT2D eigenvalue weighted by Crippen LogP contribution is -2.45. The molecule has 1 heterocycles. The Hall–Kier alpha value is -1.80. The number of amides is 1. The maximum Gasteiger partial charge on any atom is 0.243 e. The average molecular weight is 423 g/mol. The molecule has 0 N–H and O–H groups in total. The molecule has 1 amide bonds. The first kappa shape index (κ1) is 20.5. The molecule has 160 valence electrons. The first-order valence-electron chi connectivity index (χ1n) is 10.5. The number of hydrogen-bond acceptors (Lipinski definition) is 5. The Morgan fingerprint density at radius 3 is 2.24 bits per heavy atom. The van der Waals surface area contributed by atoms with Gasteiger partial charge < -0.3 is 14.4 Å². The van der Waals surface area contributed by atoms with Crippen LogP contribution in [0, 0.1) is 11.8 Å². The van der Waals surface area contributed by atoms with Gasteiger partial charge in [0.2, 0.25) is 15.9 Å². The SMILES string of the molecule is COc1ccc(S(=O)(=O)N2CCC(C(=O)N(CC3CC3)C3CC3)CC2)cc1OC. The molecule has 0 aromatic heterocycles. The lowest BCUT2D eigenvalue weighted by Gasteiger charge is -2.34. The van der Waals surface area contributed by atoms with Crippen LogP contribution in [0.4, 0.5) is 0 Å². The normalized spacial score (nSPS) is 21.0. The summed E-state index contributed by atoms with van der Waals surface area (Å²) in [4.78, 5) is 15.3. The third-order valence-electron chi connectivity index (χ3n) is 6.22. The molecule has 0 unspecified atom stereocenters. The average Bonchev–Trinajstić information content (AvgIpc) is 3.65. The van der Waals surface area contributed by atoms with Crippen LogP contribution in [0.1, 0.15) is 38.5 Å². The minimum atomic E-state index is -3.63. The van der Waals surface area contributed by atoms with Crippen LogP contribution in [0.2, 0.25) is 0 Å². The molecule has 7 nitrogen and oxygen atoms in total. The number of carbonyl (C=O) groups is 1. The molecule has 2 saturated carbocycles. The predicted octanol–water partition coefficient (Wildman–Crippen LogP) is 2.51. The number of hydrogen-bond donors (Lipinski definition) is 0. The van der Waals surface area contributed by atoms with Crippen molar-refractivity contribution in [1.29, 1.82) is 0 Å². The summed E-state index contributed by atoms with van der Waals surface area (Å²) >= 11 is 0. The van der Waals surface area contributed by atoms with Crippen molar-refractivity contribution in [2.75, 3.05) is 33.9 Å². The van der Waals surface area contributed by atoms with E-state index in [1.807, 2.05) is 0 Å². The number of piperidine rings is 1. The van der Waals surface area contributed by atoms with Gasteiger partial charge in [-0.3, -0.25) is 4.79 Å². The molecular formula is C21H30N2O5S. The molecule has 8 heteroatoms. The van der Waals surface area contributed by atoms with Crippen LogP contribution in [-0.2, 0) is 14.8 Å². The van der Waals surface area contributed by atoms with Crippen LogP contribution in [0.3, 0.4) is 0 Å². The van der Waals surface area contributed by atoms with Gasteiger partial charge in [0.1, 0.15) is 0 Å². The third-order valence-corrected chi connectivity index (χ3v) is 8.11. The lowest BCUT2D eigenvalue weighted by molar-refractivity contribution is -0.137. The fraction of sp³-hybridized carbons (Fsp3) is 0.667.